The van der Waals surface area contributed by atoms with Crippen LogP contribution in [0.15, 0.2) is 45.5 Å². The summed E-state index contributed by atoms with van der Waals surface area (Å²) in [5.41, 5.74) is 1.91. The molecule has 0 radical (unpaired) electrons. The van der Waals surface area contributed by atoms with Crippen LogP contribution in [0, 0.1) is 0 Å². The molecule has 106 valence electrons. The van der Waals surface area contributed by atoms with Gasteiger partial charge in [0.2, 0.25) is 5.89 Å². The fraction of sp³-hybridized carbons (Fsp3) is 0.0667. The van der Waals surface area contributed by atoms with E-state index in [2.05, 4.69) is 4.98 Å². The molecule has 0 aliphatic carbocycles. The summed E-state index contributed by atoms with van der Waals surface area (Å²) in [6.45, 7) is 0. The summed E-state index contributed by atoms with van der Waals surface area (Å²) >= 11 is 7.35. The second-order valence-corrected chi connectivity index (χ2v) is 5.58. The number of nitrogens with zero attached hydrogens (tertiary/aromatic N) is 1. The zero-order valence-corrected chi connectivity index (χ0v) is 15.3. The number of rotatable bonds is 4. The van der Waals surface area contributed by atoms with E-state index in [1.807, 2.05) is 16.8 Å². The molecule has 0 saturated carbocycles. The molecule has 1 aromatic carbocycles. The number of aliphatic carboxylic acids is 1. The van der Waals surface area contributed by atoms with Crippen molar-refractivity contribution in [2.45, 2.75) is 6.42 Å². The van der Waals surface area contributed by atoms with Crippen molar-refractivity contribution in [1.82, 2.24) is 4.98 Å². The number of thiophene rings is 1. The Hall–Kier alpha value is -1.11. The molecule has 2 aromatic heterocycles. The molecule has 0 unspecified atom stereocenters. The fourth-order valence-corrected chi connectivity index (χ4v) is 2.71. The minimum Gasteiger partial charge on any atom is -0.550 e. The zero-order chi connectivity index (χ0) is 14.8. The third-order valence-corrected chi connectivity index (χ3v) is 3.82. The molecular formula is C15H9ClNNaO3S. The van der Waals surface area contributed by atoms with E-state index < -0.39 is 5.97 Å². The average molecular weight is 342 g/mol. The van der Waals surface area contributed by atoms with Gasteiger partial charge in [-0.2, -0.15) is 11.3 Å². The second kappa shape index (κ2) is 7.44. The van der Waals surface area contributed by atoms with E-state index in [-0.39, 0.29) is 36.0 Å². The van der Waals surface area contributed by atoms with Crippen LogP contribution in [0.2, 0.25) is 5.02 Å². The van der Waals surface area contributed by atoms with E-state index in [0.717, 1.165) is 11.1 Å². The van der Waals surface area contributed by atoms with Gasteiger partial charge in [0.25, 0.3) is 0 Å². The van der Waals surface area contributed by atoms with E-state index in [1.54, 1.807) is 24.3 Å². The van der Waals surface area contributed by atoms with Crippen LogP contribution in [0.4, 0.5) is 0 Å². The molecule has 2 heterocycles. The summed E-state index contributed by atoms with van der Waals surface area (Å²) in [6, 6.07) is 8.85. The number of carboxylic acid groups (broad SMARTS) is 1. The van der Waals surface area contributed by atoms with Crippen molar-refractivity contribution < 1.29 is 43.9 Å². The minimum absolute atomic E-state index is 0. The van der Waals surface area contributed by atoms with Gasteiger partial charge in [-0.15, -0.1) is 0 Å². The van der Waals surface area contributed by atoms with Gasteiger partial charge in [0.1, 0.15) is 0 Å². The summed E-state index contributed by atoms with van der Waals surface area (Å²) in [4.78, 5) is 15.2. The molecule has 0 aliphatic rings. The predicted octanol–water partition coefficient (Wildman–Crippen LogP) is 0.0199. The van der Waals surface area contributed by atoms with Crippen molar-refractivity contribution in [2.24, 2.45) is 0 Å². The van der Waals surface area contributed by atoms with Crippen LogP contribution < -0.4 is 34.7 Å². The number of carboxylic acids is 1. The van der Waals surface area contributed by atoms with Gasteiger partial charge in [-0.1, -0.05) is 11.6 Å². The van der Waals surface area contributed by atoms with E-state index >= 15 is 0 Å². The fourth-order valence-electron chi connectivity index (χ4n) is 1.94. The number of halogens is 1. The smallest absolute Gasteiger partial charge is 0.550 e. The van der Waals surface area contributed by atoms with E-state index in [1.165, 1.54) is 11.3 Å². The van der Waals surface area contributed by atoms with E-state index in [0.29, 0.717) is 22.4 Å². The minimum atomic E-state index is -1.19. The third kappa shape index (κ3) is 3.80. The molecule has 4 nitrogen and oxygen atoms in total. The summed E-state index contributed by atoms with van der Waals surface area (Å²) < 4.78 is 5.75. The van der Waals surface area contributed by atoms with Crippen LogP contribution in [0.25, 0.3) is 22.8 Å². The van der Waals surface area contributed by atoms with Crippen molar-refractivity contribution in [1.29, 1.82) is 0 Å². The number of hydrogen-bond donors (Lipinski definition) is 0. The molecule has 7 heteroatoms. The van der Waals surface area contributed by atoms with Crippen LogP contribution in [0.5, 0.6) is 0 Å². The molecule has 0 spiro atoms. The Labute approximate surface area is 158 Å². The Morgan fingerprint density at radius 3 is 2.55 bits per heavy atom. The molecule has 0 aliphatic heterocycles. The van der Waals surface area contributed by atoms with Gasteiger partial charge in [0.05, 0.1) is 5.69 Å². The summed E-state index contributed by atoms with van der Waals surface area (Å²) in [6.07, 6.45) is -0.289. The summed E-state index contributed by atoms with van der Waals surface area (Å²) in [5, 5.41) is 15.3. The van der Waals surface area contributed by atoms with E-state index in [4.69, 9.17) is 16.0 Å². The Balaban J connectivity index is 0.00000176. The average Bonchev–Trinajstić information content (AvgIpc) is 3.08. The Morgan fingerprint density at radius 2 is 1.95 bits per heavy atom. The van der Waals surface area contributed by atoms with Crippen LogP contribution >= 0.6 is 22.9 Å². The number of benzene rings is 1. The quantitative estimate of drug-likeness (QED) is 0.628. The maximum atomic E-state index is 10.9. The van der Waals surface area contributed by atoms with Crippen molar-refractivity contribution in [3.05, 3.63) is 51.8 Å². The van der Waals surface area contributed by atoms with Gasteiger partial charge in [0.15, 0.2) is 5.76 Å². The van der Waals surface area contributed by atoms with Gasteiger partial charge >= 0.3 is 29.6 Å². The topological polar surface area (TPSA) is 66.2 Å². The first-order valence-corrected chi connectivity index (χ1v) is 7.43. The Morgan fingerprint density at radius 1 is 1.23 bits per heavy atom. The van der Waals surface area contributed by atoms with Crippen LogP contribution in [0.1, 0.15) is 5.69 Å². The molecular weight excluding hydrogens is 333 g/mol. The Bertz CT molecular complexity index is 769. The Kier molecular flexibility index (Phi) is 5.83. The van der Waals surface area contributed by atoms with Crippen molar-refractivity contribution in [3.63, 3.8) is 0 Å². The van der Waals surface area contributed by atoms with Crippen LogP contribution in [-0.2, 0) is 11.2 Å². The van der Waals surface area contributed by atoms with Gasteiger partial charge in [-0.3, -0.25) is 0 Å². The van der Waals surface area contributed by atoms with Crippen molar-refractivity contribution >= 4 is 28.9 Å². The largest absolute Gasteiger partial charge is 1.00 e. The molecule has 0 saturated heterocycles. The summed E-state index contributed by atoms with van der Waals surface area (Å²) in [5.74, 6) is -0.364. The maximum absolute atomic E-state index is 10.9. The van der Waals surface area contributed by atoms with Crippen LogP contribution in [0.3, 0.4) is 0 Å². The second-order valence-electron chi connectivity index (χ2n) is 4.36. The maximum Gasteiger partial charge on any atom is 1.00 e. The summed E-state index contributed by atoms with van der Waals surface area (Å²) in [7, 11) is 0. The predicted molar refractivity (Wildman–Crippen MR) is 79.0 cm³/mol. The van der Waals surface area contributed by atoms with E-state index in [9.17, 15) is 9.90 Å². The van der Waals surface area contributed by atoms with Crippen LogP contribution in [-0.4, -0.2) is 11.0 Å². The van der Waals surface area contributed by atoms with Gasteiger partial charge < -0.3 is 14.3 Å². The monoisotopic (exact) mass is 341 g/mol. The van der Waals surface area contributed by atoms with Gasteiger partial charge in [0, 0.05) is 33.9 Å². The first kappa shape index (κ1) is 17.2. The standard InChI is InChI=1S/C15H10ClNO3S.Na/c16-11-3-1-9(2-4-11)15-17-12(7-13(18)19)14(20-15)10-5-6-21-8-10;/h1-6,8H,7H2,(H,18,19);/q;+1/p-1. The normalized spacial score (nSPS) is 10.2. The molecule has 22 heavy (non-hydrogen) atoms. The van der Waals surface area contributed by atoms with Crippen molar-refractivity contribution in [3.8, 4) is 22.8 Å². The molecule has 0 N–H and O–H groups in total. The number of hydrogen-bond acceptors (Lipinski definition) is 5. The molecule has 3 rings (SSSR count). The van der Waals surface area contributed by atoms with Gasteiger partial charge in [-0.05, 0) is 35.7 Å². The van der Waals surface area contributed by atoms with Gasteiger partial charge in [-0.25, -0.2) is 4.98 Å². The SMILES string of the molecule is O=C([O-])Cc1nc(-c2ccc(Cl)cc2)oc1-c1ccsc1.[Na+]. The number of oxazole rings is 1. The molecule has 0 fully saturated rings. The molecule has 0 atom stereocenters. The number of carbonyl (C=O) groups is 1. The molecule has 0 bridgehead atoms. The first-order valence-electron chi connectivity index (χ1n) is 6.11. The molecule has 3 aromatic rings. The molecule has 0 amide bonds. The number of aromatic nitrogens is 1. The van der Waals surface area contributed by atoms with Crippen molar-refractivity contribution in [2.75, 3.05) is 0 Å². The first-order chi connectivity index (χ1) is 10.1. The third-order valence-electron chi connectivity index (χ3n) is 2.88. The number of carbonyl (C=O) groups excluding carboxylic acids is 1. The zero-order valence-electron chi connectivity index (χ0n) is 11.7.